The van der Waals surface area contributed by atoms with Gasteiger partial charge in [0.05, 0.1) is 17.7 Å². The summed E-state index contributed by atoms with van der Waals surface area (Å²) in [4.78, 5) is 38.2. The van der Waals surface area contributed by atoms with Gasteiger partial charge in [-0.2, -0.15) is 0 Å². The Morgan fingerprint density at radius 1 is 0.913 bits per heavy atom. The Labute approximate surface area is 133 Å². The standard InChI is InChI=1S/C19H15NO3/c21-17(14-9-8-12-4-3-5-13(12)10-14)11-20-18(22)15-6-1-2-7-16(15)19(20)23/h1-2,6-10H,3-5,11H2. The van der Waals surface area contributed by atoms with Gasteiger partial charge >= 0.3 is 0 Å². The molecule has 1 aliphatic carbocycles. The van der Waals surface area contributed by atoms with Crippen LogP contribution in [-0.4, -0.2) is 29.0 Å². The zero-order valence-electron chi connectivity index (χ0n) is 12.5. The van der Waals surface area contributed by atoms with Crippen molar-refractivity contribution in [2.75, 3.05) is 6.54 Å². The zero-order valence-corrected chi connectivity index (χ0v) is 12.5. The molecule has 0 saturated carbocycles. The number of rotatable bonds is 3. The average Bonchev–Trinajstić information content (AvgIpc) is 3.13. The van der Waals surface area contributed by atoms with E-state index in [-0.39, 0.29) is 24.1 Å². The minimum atomic E-state index is -0.389. The van der Waals surface area contributed by atoms with Crippen LogP contribution in [0, 0.1) is 0 Å². The molecule has 0 bridgehead atoms. The highest BCUT2D eigenvalue weighted by Crippen LogP contribution is 2.25. The third-order valence-electron chi connectivity index (χ3n) is 4.60. The number of ketones is 1. The van der Waals surface area contributed by atoms with Gasteiger partial charge in [0, 0.05) is 5.56 Å². The molecule has 23 heavy (non-hydrogen) atoms. The summed E-state index contributed by atoms with van der Waals surface area (Å²) in [5, 5.41) is 0. The van der Waals surface area contributed by atoms with Crippen molar-refractivity contribution in [2.45, 2.75) is 19.3 Å². The van der Waals surface area contributed by atoms with E-state index in [1.807, 2.05) is 12.1 Å². The number of hydrogen-bond donors (Lipinski definition) is 0. The molecule has 0 saturated heterocycles. The molecule has 2 aromatic rings. The maximum atomic E-state index is 12.5. The minimum Gasteiger partial charge on any atom is -0.292 e. The molecule has 0 spiro atoms. The van der Waals surface area contributed by atoms with Crippen molar-refractivity contribution < 1.29 is 14.4 Å². The molecule has 0 aromatic heterocycles. The van der Waals surface area contributed by atoms with Crippen LogP contribution in [0.2, 0.25) is 0 Å². The first-order valence-corrected chi connectivity index (χ1v) is 7.75. The lowest BCUT2D eigenvalue weighted by Crippen LogP contribution is -2.34. The maximum absolute atomic E-state index is 12.5. The molecule has 114 valence electrons. The number of fused-ring (bicyclic) bond motifs is 2. The van der Waals surface area contributed by atoms with Crippen molar-refractivity contribution in [3.63, 3.8) is 0 Å². The Morgan fingerprint density at radius 3 is 2.26 bits per heavy atom. The number of nitrogens with zero attached hydrogens (tertiary/aromatic N) is 1. The third-order valence-corrected chi connectivity index (χ3v) is 4.60. The van der Waals surface area contributed by atoms with Crippen molar-refractivity contribution in [1.29, 1.82) is 0 Å². The molecule has 1 heterocycles. The van der Waals surface area contributed by atoms with Gasteiger partial charge in [-0.15, -0.1) is 0 Å². The summed E-state index contributed by atoms with van der Waals surface area (Å²) < 4.78 is 0. The van der Waals surface area contributed by atoms with Gasteiger partial charge in [0.1, 0.15) is 0 Å². The first kappa shape index (κ1) is 13.9. The summed E-state index contributed by atoms with van der Waals surface area (Å²) in [7, 11) is 0. The number of imide groups is 1. The summed E-state index contributed by atoms with van der Waals surface area (Å²) in [6.07, 6.45) is 3.16. The summed E-state index contributed by atoms with van der Waals surface area (Å²) in [6.45, 7) is -0.203. The molecule has 2 aromatic carbocycles. The first-order valence-electron chi connectivity index (χ1n) is 7.75. The Morgan fingerprint density at radius 2 is 1.57 bits per heavy atom. The fraction of sp³-hybridized carbons (Fsp3) is 0.211. The Balaban J connectivity index is 1.58. The number of amides is 2. The van der Waals surface area contributed by atoms with Crippen LogP contribution in [0.1, 0.15) is 48.6 Å². The molecular weight excluding hydrogens is 290 g/mol. The van der Waals surface area contributed by atoms with Gasteiger partial charge in [0.15, 0.2) is 5.78 Å². The van der Waals surface area contributed by atoms with Crippen LogP contribution in [0.25, 0.3) is 0 Å². The molecule has 2 aliphatic rings. The fourth-order valence-corrected chi connectivity index (χ4v) is 3.36. The number of benzene rings is 2. The van der Waals surface area contributed by atoms with E-state index in [2.05, 4.69) is 0 Å². The molecule has 2 amide bonds. The second-order valence-electron chi connectivity index (χ2n) is 6.00. The van der Waals surface area contributed by atoms with E-state index in [0.717, 1.165) is 24.2 Å². The molecule has 1 aliphatic heterocycles. The Bertz CT molecular complexity index is 818. The van der Waals surface area contributed by atoms with E-state index in [1.54, 1.807) is 30.3 Å². The lowest BCUT2D eigenvalue weighted by atomic mass is 10.0. The van der Waals surface area contributed by atoms with Crippen LogP contribution in [0.15, 0.2) is 42.5 Å². The second kappa shape index (κ2) is 5.16. The maximum Gasteiger partial charge on any atom is 0.261 e. The van der Waals surface area contributed by atoms with E-state index in [4.69, 9.17) is 0 Å². The van der Waals surface area contributed by atoms with Gasteiger partial charge in [-0.05, 0) is 48.6 Å². The largest absolute Gasteiger partial charge is 0.292 e. The van der Waals surface area contributed by atoms with E-state index in [9.17, 15) is 14.4 Å². The van der Waals surface area contributed by atoms with Crippen LogP contribution in [0.5, 0.6) is 0 Å². The van der Waals surface area contributed by atoms with Gasteiger partial charge in [0.25, 0.3) is 11.8 Å². The van der Waals surface area contributed by atoms with Crippen LogP contribution < -0.4 is 0 Å². The highest BCUT2D eigenvalue weighted by atomic mass is 16.2. The van der Waals surface area contributed by atoms with Crippen molar-refractivity contribution in [3.8, 4) is 0 Å². The normalized spacial score (nSPS) is 15.7. The minimum absolute atomic E-state index is 0.200. The first-order chi connectivity index (χ1) is 11.1. The number of carbonyl (C=O) groups excluding carboxylic acids is 3. The summed E-state index contributed by atoms with van der Waals surface area (Å²) in [5.74, 6) is -0.977. The monoisotopic (exact) mass is 305 g/mol. The quantitative estimate of drug-likeness (QED) is 0.647. The van der Waals surface area contributed by atoms with Gasteiger partial charge in [-0.1, -0.05) is 24.3 Å². The van der Waals surface area contributed by atoms with Crippen LogP contribution in [-0.2, 0) is 12.8 Å². The number of aryl methyl sites for hydroxylation is 2. The molecule has 4 heteroatoms. The molecule has 0 unspecified atom stereocenters. The van der Waals surface area contributed by atoms with Crippen LogP contribution >= 0.6 is 0 Å². The lowest BCUT2D eigenvalue weighted by molar-refractivity contribution is 0.0624. The molecule has 0 N–H and O–H groups in total. The molecule has 0 radical (unpaired) electrons. The molecule has 0 fully saturated rings. The molecular formula is C19H15NO3. The highest BCUT2D eigenvalue weighted by Gasteiger charge is 2.36. The summed E-state index contributed by atoms with van der Waals surface area (Å²) in [6, 6.07) is 12.4. The van der Waals surface area contributed by atoms with Crippen LogP contribution in [0.3, 0.4) is 0 Å². The number of Topliss-reactive ketones (excluding diaryl/α,β-unsaturated/α-hetero) is 1. The van der Waals surface area contributed by atoms with Crippen molar-refractivity contribution in [3.05, 3.63) is 70.3 Å². The van der Waals surface area contributed by atoms with E-state index < -0.39 is 0 Å². The van der Waals surface area contributed by atoms with E-state index in [1.165, 1.54) is 11.1 Å². The predicted octanol–water partition coefficient (Wildman–Crippen LogP) is 2.65. The molecule has 0 atom stereocenters. The SMILES string of the molecule is O=C(CN1C(=O)c2ccccc2C1=O)c1ccc2c(c1)CCC2. The van der Waals surface area contributed by atoms with E-state index in [0.29, 0.717) is 16.7 Å². The van der Waals surface area contributed by atoms with Crippen molar-refractivity contribution in [2.24, 2.45) is 0 Å². The second-order valence-corrected chi connectivity index (χ2v) is 6.00. The number of hydrogen-bond acceptors (Lipinski definition) is 3. The Hall–Kier alpha value is -2.75. The highest BCUT2D eigenvalue weighted by molar-refractivity contribution is 6.23. The molecule has 4 nitrogen and oxygen atoms in total. The van der Waals surface area contributed by atoms with E-state index >= 15 is 0 Å². The topological polar surface area (TPSA) is 54.5 Å². The van der Waals surface area contributed by atoms with Gasteiger partial charge in [-0.25, -0.2) is 0 Å². The number of carbonyl (C=O) groups is 3. The van der Waals surface area contributed by atoms with Gasteiger partial charge in [0.2, 0.25) is 0 Å². The lowest BCUT2D eigenvalue weighted by Gasteiger charge is -2.13. The third kappa shape index (κ3) is 2.18. The van der Waals surface area contributed by atoms with Crippen molar-refractivity contribution in [1.82, 2.24) is 4.90 Å². The smallest absolute Gasteiger partial charge is 0.261 e. The summed E-state index contributed by atoms with van der Waals surface area (Å²) in [5.41, 5.74) is 3.82. The van der Waals surface area contributed by atoms with Crippen LogP contribution in [0.4, 0.5) is 0 Å². The van der Waals surface area contributed by atoms with Crippen molar-refractivity contribution >= 4 is 17.6 Å². The Kier molecular flexibility index (Phi) is 3.11. The zero-order chi connectivity index (χ0) is 16.0. The van der Waals surface area contributed by atoms with Gasteiger partial charge in [-0.3, -0.25) is 19.3 Å². The average molecular weight is 305 g/mol. The van der Waals surface area contributed by atoms with Gasteiger partial charge < -0.3 is 0 Å². The fourth-order valence-electron chi connectivity index (χ4n) is 3.36. The predicted molar refractivity (Wildman–Crippen MR) is 84.6 cm³/mol. The molecule has 4 rings (SSSR count). The summed E-state index contributed by atoms with van der Waals surface area (Å²) >= 11 is 0.